The van der Waals surface area contributed by atoms with Crippen molar-refractivity contribution in [3.63, 3.8) is 0 Å². The Morgan fingerprint density at radius 3 is 1.42 bits per heavy atom. The number of amides is 2. The lowest BCUT2D eigenvalue weighted by atomic mass is 10.2. The van der Waals surface area contributed by atoms with Gasteiger partial charge in [-0.1, -0.05) is 36.4 Å². The molecule has 2 rings (SSSR count). The summed E-state index contributed by atoms with van der Waals surface area (Å²) in [7, 11) is 0. The summed E-state index contributed by atoms with van der Waals surface area (Å²) in [6.07, 6.45) is 0. The first-order valence-corrected chi connectivity index (χ1v) is 6.45. The number of carbonyl (C=O) groups excluding carboxylic acids is 2. The first-order valence-electron chi connectivity index (χ1n) is 5.64. The molecule has 2 aromatic carbocycles. The summed E-state index contributed by atoms with van der Waals surface area (Å²) in [4.78, 5) is 23.4. The van der Waals surface area contributed by atoms with Crippen LogP contribution in [0.1, 0.15) is 20.7 Å². The van der Waals surface area contributed by atoms with Crippen LogP contribution >= 0.6 is 12.1 Å². The van der Waals surface area contributed by atoms with Gasteiger partial charge in [0.2, 0.25) is 0 Å². The van der Waals surface area contributed by atoms with Crippen LogP contribution in [0.2, 0.25) is 0 Å². The van der Waals surface area contributed by atoms with Gasteiger partial charge in [-0.3, -0.25) is 19.0 Å². The fourth-order valence-corrected chi connectivity index (χ4v) is 1.89. The molecule has 5 heteroatoms. The van der Waals surface area contributed by atoms with Crippen molar-refractivity contribution in [1.82, 2.24) is 9.44 Å². The van der Waals surface area contributed by atoms with E-state index in [1.54, 1.807) is 48.5 Å². The quantitative estimate of drug-likeness (QED) is 0.840. The van der Waals surface area contributed by atoms with E-state index in [0.29, 0.717) is 11.1 Å². The summed E-state index contributed by atoms with van der Waals surface area (Å²) in [6.45, 7) is 0. The van der Waals surface area contributed by atoms with Crippen LogP contribution in [0.4, 0.5) is 0 Å². The van der Waals surface area contributed by atoms with Crippen molar-refractivity contribution in [3.8, 4) is 0 Å². The minimum atomic E-state index is -0.251. The molecule has 0 aliphatic carbocycles. The molecule has 2 aromatic rings. The van der Waals surface area contributed by atoms with E-state index in [9.17, 15) is 9.59 Å². The van der Waals surface area contributed by atoms with Gasteiger partial charge in [0.15, 0.2) is 0 Å². The average Bonchev–Trinajstić information content (AvgIpc) is 2.49. The first-order chi connectivity index (χ1) is 9.27. The molecular formula is C14H12N2O2S. The van der Waals surface area contributed by atoms with Crippen LogP contribution in [0.15, 0.2) is 60.7 Å². The zero-order chi connectivity index (χ0) is 13.5. The van der Waals surface area contributed by atoms with Gasteiger partial charge in [-0.15, -0.1) is 0 Å². The summed E-state index contributed by atoms with van der Waals surface area (Å²) >= 11 is 0.860. The van der Waals surface area contributed by atoms with Crippen LogP contribution in [-0.2, 0) is 0 Å². The van der Waals surface area contributed by atoms with Crippen molar-refractivity contribution < 1.29 is 9.59 Å². The van der Waals surface area contributed by atoms with E-state index in [0.717, 1.165) is 12.1 Å². The van der Waals surface area contributed by atoms with Gasteiger partial charge in [0.1, 0.15) is 0 Å². The second kappa shape index (κ2) is 6.61. The Labute approximate surface area is 115 Å². The zero-order valence-electron chi connectivity index (χ0n) is 10.00. The SMILES string of the molecule is O=C(NSNC(=O)c1ccccc1)c1ccccc1. The summed E-state index contributed by atoms with van der Waals surface area (Å²) in [6, 6.07) is 17.6. The number of rotatable bonds is 4. The highest BCUT2D eigenvalue weighted by Gasteiger charge is 2.07. The normalized spacial score (nSPS) is 9.68. The second-order valence-corrected chi connectivity index (χ2v) is 4.31. The van der Waals surface area contributed by atoms with Gasteiger partial charge >= 0.3 is 0 Å². The van der Waals surface area contributed by atoms with E-state index in [2.05, 4.69) is 9.44 Å². The lowest BCUT2D eigenvalue weighted by molar-refractivity contribution is 0.0982. The minimum Gasteiger partial charge on any atom is -0.278 e. The van der Waals surface area contributed by atoms with E-state index >= 15 is 0 Å². The molecule has 0 saturated carbocycles. The molecule has 0 fully saturated rings. The fraction of sp³-hybridized carbons (Fsp3) is 0. The highest BCUT2D eigenvalue weighted by atomic mass is 32.2. The third kappa shape index (κ3) is 3.86. The Bertz CT molecular complexity index is 507. The average molecular weight is 272 g/mol. The lowest BCUT2D eigenvalue weighted by Crippen LogP contribution is -2.25. The van der Waals surface area contributed by atoms with Gasteiger partial charge in [0.25, 0.3) is 11.8 Å². The van der Waals surface area contributed by atoms with Crippen LogP contribution in [0.25, 0.3) is 0 Å². The number of nitrogens with one attached hydrogen (secondary N) is 2. The summed E-state index contributed by atoms with van der Waals surface area (Å²) in [5, 5.41) is 0. The Kier molecular flexibility index (Phi) is 4.58. The molecule has 2 N–H and O–H groups in total. The zero-order valence-corrected chi connectivity index (χ0v) is 10.8. The molecule has 0 aliphatic heterocycles. The second-order valence-electron chi connectivity index (χ2n) is 3.70. The maximum Gasteiger partial charge on any atom is 0.262 e. The van der Waals surface area contributed by atoms with Crippen molar-refractivity contribution in [1.29, 1.82) is 0 Å². The van der Waals surface area contributed by atoms with Gasteiger partial charge in [-0.05, 0) is 24.3 Å². The highest BCUT2D eigenvalue weighted by molar-refractivity contribution is 7.96. The van der Waals surface area contributed by atoms with E-state index < -0.39 is 0 Å². The molecule has 0 radical (unpaired) electrons. The van der Waals surface area contributed by atoms with E-state index in [1.807, 2.05) is 12.1 Å². The largest absolute Gasteiger partial charge is 0.278 e. The van der Waals surface area contributed by atoms with Crippen LogP contribution in [-0.4, -0.2) is 11.8 Å². The van der Waals surface area contributed by atoms with E-state index in [1.165, 1.54) is 0 Å². The molecule has 0 aliphatic rings. The van der Waals surface area contributed by atoms with Crippen LogP contribution < -0.4 is 9.44 Å². The maximum absolute atomic E-state index is 11.7. The van der Waals surface area contributed by atoms with Crippen molar-refractivity contribution in [2.75, 3.05) is 0 Å². The number of benzene rings is 2. The van der Waals surface area contributed by atoms with Crippen LogP contribution in [0.3, 0.4) is 0 Å². The molecule has 0 spiro atoms. The van der Waals surface area contributed by atoms with Crippen molar-refractivity contribution in [2.24, 2.45) is 0 Å². The van der Waals surface area contributed by atoms with E-state index in [4.69, 9.17) is 0 Å². The summed E-state index contributed by atoms with van der Waals surface area (Å²) in [5.41, 5.74) is 1.09. The molecule has 0 atom stereocenters. The highest BCUT2D eigenvalue weighted by Crippen LogP contribution is 2.02. The maximum atomic E-state index is 11.7. The predicted octanol–water partition coefficient (Wildman–Crippen LogP) is 2.41. The predicted molar refractivity (Wildman–Crippen MR) is 75.4 cm³/mol. The molecule has 0 aromatic heterocycles. The fourth-order valence-electron chi connectivity index (χ4n) is 1.42. The molecule has 4 nitrogen and oxygen atoms in total. The third-order valence-corrected chi connectivity index (χ3v) is 2.93. The Hall–Kier alpha value is -2.27. The molecule has 19 heavy (non-hydrogen) atoms. The molecule has 0 heterocycles. The summed E-state index contributed by atoms with van der Waals surface area (Å²) < 4.78 is 5.09. The number of carbonyl (C=O) groups is 2. The standard InChI is InChI=1S/C14H12N2O2S/c17-13(11-7-3-1-4-8-11)15-19-16-14(18)12-9-5-2-6-10-12/h1-10H,(H,15,17)(H,16,18). The molecule has 2 amide bonds. The number of hydrogen-bond acceptors (Lipinski definition) is 3. The Morgan fingerprint density at radius 1 is 0.684 bits per heavy atom. The smallest absolute Gasteiger partial charge is 0.262 e. The van der Waals surface area contributed by atoms with Crippen molar-refractivity contribution in [3.05, 3.63) is 71.8 Å². The molecule has 0 saturated heterocycles. The van der Waals surface area contributed by atoms with Gasteiger partial charge in [0, 0.05) is 11.1 Å². The first kappa shape index (κ1) is 13.2. The Morgan fingerprint density at radius 2 is 1.05 bits per heavy atom. The van der Waals surface area contributed by atoms with Crippen LogP contribution in [0.5, 0.6) is 0 Å². The van der Waals surface area contributed by atoms with Crippen molar-refractivity contribution >= 4 is 23.9 Å². The lowest BCUT2D eigenvalue weighted by Gasteiger charge is -2.05. The minimum absolute atomic E-state index is 0.251. The summed E-state index contributed by atoms with van der Waals surface area (Å²) in [5.74, 6) is -0.502. The van der Waals surface area contributed by atoms with Crippen LogP contribution in [0, 0.1) is 0 Å². The topological polar surface area (TPSA) is 58.2 Å². The number of hydrogen-bond donors (Lipinski definition) is 2. The van der Waals surface area contributed by atoms with Crippen molar-refractivity contribution in [2.45, 2.75) is 0 Å². The Balaban J connectivity index is 1.81. The van der Waals surface area contributed by atoms with Gasteiger partial charge in [0.05, 0.1) is 12.1 Å². The molecular weight excluding hydrogens is 260 g/mol. The third-order valence-electron chi connectivity index (χ3n) is 2.36. The van der Waals surface area contributed by atoms with Gasteiger partial charge < -0.3 is 0 Å². The van der Waals surface area contributed by atoms with Gasteiger partial charge in [-0.2, -0.15) is 0 Å². The molecule has 0 bridgehead atoms. The molecule has 0 unspecified atom stereocenters. The van der Waals surface area contributed by atoms with Gasteiger partial charge in [-0.25, -0.2) is 0 Å². The molecule has 96 valence electrons. The van der Waals surface area contributed by atoms with E-state index in [-0.39, 0.29) is 11.8 Å². The monoisotopic (exact) mass is 272 g/mol.